The van der Waals surface area contributed by atoms with E-state index in [1.807, 2.05) is 36.5 Å². The third-order valence-electron chi connectivity index (χ3n) is 5.41. The van der Waals surface area contributed by atoms with Gasteiger partial charge >= 0.3 is 0 Å². The third kappa shape index (κ3) is 3.72. The van der Waals surface area contributed by atoms with Crippen LogP contribution in [0.3, 0.4) is 0 Å². The van der Waals surface area contributed by atoms with Gasteiger partial charge in [0.05, 0.1) is 17.9 Å². The molecule has 1 fully saturated rings. The second-order valence-corrected chi connectivity index (χ2v) is 7.12. The van der Waals surface area contributed by atoms with Gasteiger partial charge in [0.25, 0.3) is 5.91 Å². The predicted molar refractivity (Wildman–Crippen MR) is 104 cm³/mol. The average molecular weight is 380 g/mol. The number of β-amino-alcohol motifs (C(OH)–C–C–N with tert-alkyl or cyclic N) is 1. The van der Waals surface area contributed by atoms with Crippen LogP contribution in [0.2, 0.25) is 0 Å². The maximum absolute atomic E-state index is 12.7. The number of furan rings is 1. The molecule has 0 bridgehead atoms. The molecule has 4 rings (SSSR count). The molecule has 146 valence electrons. The van der Waals surface area contributed by atoms with Crippen LogP contribution in [-0.2, 0) is 12.0 Å². The number of amides is 1. The fourth-order valence-electron chi connectivity index (χ4n) is 3.86. The van der Waals surface area contributed by atoms with E-state index in [0.717, 1.165) is 30.9 Å². The molecular formula is C21H24N4O3. The Kier molecular flexibility index (Phi) is 5.27. The normalized spacial score (nSPS) is 22.8. The van der Waals surface area contributed by atoms with Gasteiger partial charge < -0.3 is 24.7 Å². The SMILES string of the molecule is O=C(N[C@]1(c2ccccc2)CCN(CCc2ncc[nH]2)C[C@H]1O)c1ccco1. The monoisotopic (exact) mass is 380 g/mol. The topological polar surface area (TPSA) is 94.4 Å². The Morgan fingerprint density at radius 3 is 2.86 bits per heavy atom. The molecular weight excluding hydrogens is 356 g/mol. The lowest BCUT2D eigenvalue weighted by atomic mass is 9.78. The number of piperidine rings is 1. The summed E-state index contributed by atoms with van der Waals surface area (Å²) in [6.45, 7) is 2.01. The largest absolute Gasteiger partial charge is 0.459 e. The Morgan fingerprint density at radius 1 is 1.32 bits per heavy atom. The lowest BCUT2D eigenvalue weighted by Gasteiger charge is -2.46. The number of benzene rings is 1. The van der Waals surface area contributed by atoms with Gasteiger partial charge in [0.15, 0.2) is 5.76 Å². The van der Waals surface area contributed by atoms with Crippen molar-refractivity contribution in [1.29, 1.82) is 0 Å². The van der Waals surface area contributed by atoms with Crippen LogP contribution in [0.15, 0.2) is 65.5 Å². The van der Waals surface area contributed by atoms with Crippen molar-refractivity contribution in [3.8, 4) is 0 Å². The number of nitrogens with zero attached hydrogens (tertiary/aromatic N) is 2. The molecule has 28 heavy (non-hydrogen) atoms. The summed E-state index contributed by atoms with van der Waals surface area (Å²) in [6.07, 6.45) is 5.66. The highest BCUT2D eigenvalue weighted by Gasteiger charge is 2.45. The van der Waals surface area contributed by atoms with Crippen LogP contribution in [0.1, 0.15) is 28.4 Å². The highest BCUT2D eigenvalue weighted by Crippen LogP contribution is 2.34. The lowest BCUT2D eigenvalue weighted by Crippen LogP contribution is -2.62. The maximum atomic E-state index is 12.7. The number of aliphatic hydroxyl groups is 1. The maximum Gasteiger partial charge on any atom is 0.287 e. The van der Waals surface area contributed by atoms with Crippen LogP contribution in [0.25, 0.3) is 0 Å². The molecule has 0 saturated carbocycles. The highest BCUT2D eigenvalue weighted by atomic mass is 16.3. The molecule has 7 heteroatoms. The zero-order chi connectivity index (χ0) is 19.4. The predicted octanol–water partition coefficient (Wildman–Crippen LogP) is 1.94. The van der Waals surface area contributed by atoms with Gasteiger partial charge in [0.2, 0.25) is 0 Å². The summed E-state index contributed by atoms with van der Waals surface area (Å²) in [7, 11) is 0. The van der Waals surface area contributed by atoms with Gasteiger partial charge in [-0.25, -0.2) is 4.98 Å². The van der Waals surface area contributed by atoms with Crippen molar-refractivity contribution in [1.82, 2.24) is 20.2 Å². The quantitative estimate of drug-likeness (QED) is 0.608. The van der Waals surface area contributed by atoms with E-state index in [1.54, 1.807) is 18.3 Å². The Balaban J connectivity index is 1.52. The molecule has 1 amide bonds. The highest BCUT2D eigenvalue weighted by molar-refractivity contribution is 5.92. The van der Waals surface area contributed by atoms with Gasteiger partial charge in [-0.2, -0.15) is 0 Å². The molecule has 0 spiro atoms. The minimum atomic E-state index is -0.855. The van der Waals surface area contributed by atoms with Crippen LogP contribution in [0, 0.1) is 0 Å². The van der Waals surface area contributed by atoms with Crippen molar-refractivity contribution in [2.24, 2.45) is 0 Å². The van der Waals surface area contributed by atoms with Crippen LogP contribution >= 0.6 is 0 Å². The van der Waals surface area contributed by atoms with E-state index in [4.69, 9.17) is 4.42 Å². The fraction of sp³-hybridized carbons (Fsp3) is 0.333. The van der Waals surface area contributed by atoms with E-state index in [9.17, 15) is 9.90 Å². The van der Waals surface area contributed by atoms with Crippen LogP contribution in [0.4, 0.5) is 0 Å². The number of aliphatic hydroxyl groups excluding tert-OH is 1. The van der Waals surface area contributed by atoms with E-state index >= 15 is 0 Å². The van der Waals surface area contributed by atoms with Gasteiger partial charge in [-0.1, -0.05) is 30.3 Å². The Hall–Kier alpha value is -2.90. The first-order chi connectivity index (χ1) is 13.7. The number of hydrogen-bond donors (Lipinski definition) is 3. The molecule has 3 aromatic rings. The van der Waals surface area contributed by atoms with Crippen LogP contribution in [-0.4, -0.2) is 51.6 Å². The minimum Gasteiger partial charge on any atom is -0.459 e. The van der Waals surface area contributed by atoms with Crippen molar-refractivity contribution in [2.75, 3.05) is 19.6 Å². The van der Waals surface area contributed by atoms with E-state index in [1.165, 1.54) is 6.26 Å². The van der Waals surface area contributed by atoms with Gasteiger partial charge in [-0.3, -0.25) is 4.79 Å². The van der Waals surface area contributed by atoms with E-state index in [2.05, 4.69) is 20.2 Å². The second kappa shape index (κ2) is 8.00. The molecule has 3 heterocycles. The molecule has 2 atom stereocenters. The summed E-state index contributed by atoms with van der Waals surface area (Å²) < 4.78 is 5.24. The average Bonchev–Trinajstić information content (AvgIpc) is 3.43. The first kappa shape index (κ1) is 18.5. The molecule has 2 aromatic heterocycles. The number of aromatic amines is 1. The first-order valence-electron chi connectivity index (χ1n) is 9.47. The van der Waals surface area contributed by atoms with Crippen LogP contribution < -0.4 is 5.32 Å². The minimum absolute atomic E-state index is 0.239. The second-order valence-electron chi connectivity index (χ2n) is 7.12. The summed E-state index contributed by atoms with van der Waals surface area (Å²) in [6, 6.07) is 13.0. The van der Waals surface area contributed by atoms with Crippen molar-refractivity contribution < 1.29 is 14.3 Å². The Labute approximate surface area is 163 Å². The number of nitrogens with one attached hydrogen (secondary N) is 2. The Morgan fingerprint density at radius 2 is 2.18 bits per heavy atom. The number of hydrogen-bond acceptors (Lipinski definition) is 5. The van der Waals surface area contributed by atoms with Crippen molar-refractivity contribution >= 4 is 5.91 Å². The fourth-order valence-corrected chi connectivity index (χ4v) is 3.86. The van der Waals surface area contributed by atoms with E-state index in [-0.39, 0.29) is 11.7 Å². The summed E-state index contributed by atoms with van der Waals surface area (Å²) in [4.78, 5) is 22.3. The third-order valence-corrected chi connectivity index (χ3v) is 5.41. The van der Waals surface area contributed by atoms with Gasteiger partial charge in [0.1, 0.15) is 5.82 Å². The summed E-state index contributed by atoms with van der Waals surface area (Å²) in [5.74, 6) is 0.847. The Bertz CT molecular complexity index is 880. The standard InChI is InChI=1S/C21H24N4O3/c26-18-15-25(12-8-19-22-10-11-23-19)13-9-21(18,16-5-2-1-3-6-16)24-20(27)17-7-4-14-28-17/h1-7,10-11,14,18,26H,8-9,12-13,15H2,(H,22,23)(H,24,27)/t18-,21+/m1/s1. The van der Waals surface area contributed by atoms with Crippen LogP contribution in [0.5, 0.6) is 0 Å². The number of rotatable bonds is 6. The molecule has 0 aliphatic carbocycles. The molecule has 3 N–H and O–H groups in total. The number of carbonyl (C=O) groups is 1. The van der Waals surface area contributed by atoms with Crippen molar-refractivity contribution in [3.63, 3.8) is 0 Å². The number of aromatic nitrogens is 2. The lowest BCUT2D eigenvalue weighted by molar-refractivity contribution is -0.0156. The van der Waals surface area contributed by atoms with Crippen molar-refractivity contribution in [2.45, 2.75) is 24.5 Å². The van der Waals surface area contributed by atoms with Gasteiger partial charge in [-0.15, -0.1) is 0 Å². The number of H-pyrrole nitrogens is 1. The van der Waals surface area contributed by atoms with Gasteiger partial charge in [0, 0.05) is 38.4 Å². The molecule has 0 unspecified atom stereocenters. The number of likely N-dealkylation sites (tertiary alicyclic amines) is 1. The summed E-state index contributed by atoms with van der Waals surface area (Å²) >= 11 is 0. The van der Waals surface area contributed by atoms with Crippen molar-refractivity contribution in [3.05, 3.63) is 78.3 Å². The first-order valence-corrected chi connectivity index (χ1v) is 9.47. The van der Waals surface area contributed by atoms with Gasteiger partial charge in [-0.05, 0) is 24.1 Å². The molecule has 1 aromatic carbocycles. The summed E-state index contributed by atoms with van der Waals surface area (Å²) in [5, 5.41) is 14.2. The molecule has 1 aliphatic rings. The number of carbonyl (C=O) groups excluding carboxylic acids is 1. The van der Waals surface area contributed by atoms with E-state index < -0.39 is 11.6 Å². The smallest absolute Gasteiger partial charge is 0.287 e. The molecule has 1 saturated heterocycles. The molecule has 0 radical (unpaired) electrons. The zero-order valence-electron chi connectivity index (χ0n) is 15.5. The molecule has 1 aliphatic heterocycles. The zero-order valence-corrected chi connectivity index (χ0v) is 15.5. The van der Waals surface area contributed by atoms with E-state index in [0.29, 0.717) is 13.0 Å². The number of imidazole rings is 1. The molecule has 7 nitrogen and oxygen atoms in total. The summed E-state index contributed by atoms with van der Waals surface area (Å²) in [5.41, 5.74) is 0.0415.